The van der Waals surface area contributed by atoms with E-state index in [1.165, 1.54) is 7.05 Å². The molecule has 1 fully saturated rings. The molecule has 1 aliphatic heterocycles. The van der Waals surface area contributed by atoms with E-state index in [1.54, 1.807) is 12.1 Å². The van der Waals surface area contributed by atoms with Crippen LogP contribution in [0.3, 0.4) is 0 Å². The van der Waals surface area contributed by atoms with Gasteiger partial charge in [0.1, 0.15) is 18.4 Å². The SMILES string of the molecule is CN1OCC(NC(=O)COc2ccccc2)C1=O. The number of likely N-dealkylation sites (N-methyl/N-ethyl adjacent to an activating group) is 1. The van der Waals surface area contributed by atoms with Crippen LogP contribution in [-0.4, -0.2) is 43.2 Å². The van der Waals surface area contributed by atoms with Crippen LogP contribution >= 0.6 is 0 Å². The fourth-order valence-corrected chi connectivity index (χ4v) is 1.55. The van der Waals surface area contributed by atoms with Gasteiger partial charge in [-0.1, -0.05) is 18.2 Å². The molecule has 1 N–H and O–H groups in total. The van der Waals surface area contributed by atoms with Gasteiger partial charge in [-0.15, -0.1) is 0 Å². The van der Waals surface area contributed by atoms with Crippen LogP contribution in [0.15, 0.2) is 30.3 Å². The molecular weight excluding hydrogens is 236 g/mol. The number of hydrogen-bond acceptors (Lipinski definition) is 4. The average molecular weight is 250 g/mol. The molecule has 2 rings (SSSR count). The lowest BCUT2D eigenvalue weighted by Gasteiger charge is -2.10. The average Bonchev–Trinajstić information content (AvgIpc) is 2.70. The maximum Gasteiger partial charge on any atom is 0.270 e. The highest BCUT2D eigenvalue weighted by Crippen LogP contribution is 2.08. The van der Waals surface area contributed by atoms with E-state index in [1.807, 2.05) is 18.2 Å². The fourth-order valence-electron chi connectivity index (χ4n) is 1.55. The van der Waals surface area contributed by atoms with E-state index in [9.17, 15) is 9.59 Å². The largest absolute Gasteiger partial charge is 0.484 e. The van der Waals surface area contributed by atoms with Crippen molar-refractivity contribution >= 4 is 11.8 Å². The van der Waals surface area contributed by atoms with Crippen molar-refractivity contribution < 1.29 is 19.2 Å². The highest BCUT2D eigenvalue weighted by Gasteiger charge is 2.31. The number of hydroxylamine groups is 2. The number of carbonyl (C=O) groups excluding carboxylic acids is 2. The van der Waals surface area contributed by atoms with E-state index in [2.05, 4.69) is 5.32 Å². The van der Waals surface area contributed by atoms with Crippen molar-refractivity contribution in [3.63, 3.8) is 0 Å². The van der Waals surface area contributed by atoms with E-state index in [-0.39, 0.29) is 25.0 Å². The topological polar surface area (TPSA) is 67.9 Å². The molecule has 1 aromatic rings. The predicted molar refractivity (Wildman–Crippen MR) is 62.6 cm³/mol. The van der Waals surface area contributed by atoms with Gasteiger partial charge in [-0.3, -0.25) is 14.4 Å². The fraction of sp³-hybridized carbons (Fsp3) is 0.333. The van der Waals surface area contributed by atoms with Crippen molar-refractivity contribution in [3.05, 3.63) is 30.3 Å². The number of amides is 2. The van der Waals surface area contributed by atoms with E-state index in [0.717, 1.165) is 5.06 Å². The van der Waals surface area contributed by atoms with Crippen LogP contribution in [0.5, 0.6) is 5.75 Å². The van der Waals surface area contributed by atoms with Crippen molar-refractivity contribution in [2.45, 2.75) is 6.04 Å². The second-order valence-corrected chi connectivity index (χ2v) is 3.85. The molecule has 2 amide bonds. The van der Waals surface area contributed by atoms with Crippen molar-refractivity contribution in [3.8, 4) is 5.75 Å². The molecule has 18 heavy (non-hydrogen) atoms. The summed E-state index contributed by atoms with van der Waals surface area (Å²) in [4.78, 5) is 28.0. The zero-order valence-corrected chi connectivity index (χ0v) is 9.96. The first kappa shape index (κ1) is 12.4. The Morgan fingerprint density at radius 1 is 1.50 bits per heavy atom. The predicted octanol–water partition coefficient (Wildman–Crippen LogP) is -0.0462. The standard InChI is InChI=1S/C12H14N2O4/c1-14-12(16)10(7-18-14)13-11(15)8-17-9-5-3-2-4-6-9/h2-6,10H,7-8H2,1H3,(H,13,15). The Morgan fingerprint density at radius 2 is 2.22 bits per heavy atom. The molecular formula is C12H14N2O4. The van der Waals surface area contributed by atoms with Crippen molar-refractivity contribution in [2.75, 3.05) is 20.3 Å². The summed E-state index contributed by atoms with van der Waals surface area (Å²) >= 11 is 0. The summed E-state index contributed by atoms with van der Waals surface area (Å²) in [5.41, 5.74) is 0. The second kappa shape index (κ2) is 5.50. The monoisotopic (exact) mass is 250 g/mol. The summed E-state index contributed by atoms with van der Waals surface area (Å²) in [5, 5.41) is 3.66. The van der Waals surface area contributed by atoms with E-state index in [4.69, 9.17) is 9.57 Å². The number of rotatable bonds is 4. The van der Waals surface area contributed by atoms with E-state index in [0.29, 0.717) is 5.75 Å². The summed E-state index contributed by atoms with van der Waals surface area (Å²) in [6.45, 7) is 0.0317. The third-order valence-electron chi connectivity index (χ3n) is 2.49. The van der Waals surface area contributed by atoms with Gasteiger partial charge < -0.3 is 10.1 Å². The molecule has 0 saturated carbocycles. The summed E-state index contributed by atoms with van der Waals surface area (Å²) in [6, 6.07) is 8.38. The number of ether oxygens (including phenoxy) is 1. The molecule has 1 aromatic carbocycles. The van der Waals surface area contributed by atoms with Gasteiger partial charge >= 0.3 is 0 Å². The molecule has 1 saturated heterocycles. The minimum absolute atomic E-state index is 0.127. The van der Waals surface area contributed by atoms with Gasteiger partial charge in [0.05, 0.1) is 0 Å². The van der Waals surface area contributed by atoms with Gasteiger partial charge in [0, 0.05) is 7.05 Å². The number of benzene rings is 1. The zero-order valence-electron chi connectivity index (χ0n) is 9.96. The van der Waals surface area contributed by atoms with Gasteiger partial charge in [-0.2, -0.15) is 0 Å². The molecule has 1 heterocycles. The third kappa shape index (κ3) is 2.98. The first-order chi connectivity index (χ1) is 8.66. The zero-order chi connectivity index (χ0) is 13.0. The molecule has 0 spiro atoms. The molecule has 0 radical (unpaired) electrons. The summed E-state index contributed by atoms with van der Waals surface area (Å²) in [6.07, 6.45) is 0. The van der Waals surface area contributed by atoms with Gasteiger partial charge in [0.25, 0.3) is 11.8 Å². The lowest BCUT2D eigenvalue weighted by Crippen LogP contribution is -2.43. The molecule has 6 nitrogen and oxygen atoms in total. The van der Waals surface area contributed by atoms with Crippen LogP contribution in [-0.2, 0) is 14.4 Å². The number of nitrogens with one attached hydrogen (secondary N) is 1. The molecule has 0 aromatic heterocycles. The Hall–Kier alpha value is -2.08. The van der Waals surface area contributed by atoms with Crippen molar-refractivity contribution in [1.29, 1.82) is 0 Å². The van der Waals surface area contributed by atoms with Crippen LogP contribution in [0.2, 0.25) is 0 Å². The first-order valence-corrected chi connectivity index (χ1v) is 5.54. The van der Waals surface area contributed by atoms with E-state index < -0.39 is 6.04 Å². The number of para-hydroxylation sites is 1. The summed E-state index contributed by atoms with van der Waals surface area (Å²) in [7, 11) is 1.51. The normalized spacial score (nSPS) is 18.8. The highest BCUT2D eigenvalue weighted by molar-refractivity contribution is 5.88. The van der Waals surface area contributed by atoms with Crippen LogP contribution in [0, 0.1) is 0 Å². The van der Waals surface area contributed by atoms with Crippen molar-refractivity contribution in [2.24, 2.45) is 0 Å². The van der Waals surface area contributed by atoms with Gasteiger partial charge in [0.15, 0.2) is 6.61 Å². The summed E-state index contributed by atoms with van der Waals surface area (Å²) in [5.74, 6) is -0.00192. The number of carbonyl (C=O) groups is 2. The first-order valence-electron chi connectivity index (χ1n) is 5.54. The molecule has 1 atom stereocenters. The van der Waals surface area contributed by atoms with Crippen LogP contribution in [0.25, 0.3) is 0 Å². The van der Waals surface area contributed by atoms with Gasteiger partial charge in [-0.05, 0) is 12.1 Å². The Bertz CT molecular complexity index is 435. The van der Waals surface area contributed by atoms with Crippen LogP contribution in [0.1, 0.15) is 0 Å². The molecule has 0 bridgehead atoms. The van der Waals surface area contributed by atoms with Gasteiger partial charge in [0.2, 0.25) is 0 Å². The second-order valence-electron chi connectivity index (χ2n) is 3.85. The Morgan fingerprint density at radius 3 is 2.83 bits per heavy atom. The molecule has 96 valence electrons. The Balaban J connectivity index is 1.78. The maximum absolute atomic E-state index is 11.6. The lowest BCUT2D eigenvalue weighted by atomic mass is 10.3. The van der Waals surface area contributed by atoms with E-state index >= 15 is 0 Å². The van der Waals surface area contributed by atoms with Crippen LogP contribution < -0.4 is 10.1 Å². The third-order valence-corrected chi connectivity index (χ3v) is 2.49. The number of hydrogen-bond donors (Lipinski definition) is 1. The van der Waals surface area contributed by atoms with Gasteiger partial charge in [-0.25, -0.2) is 5.06 Å². The van der Waals surface area contributed by atoms with Crippen molar-refractivity contribution in [1.82, 2.24) is 10.4 Å². The molecule has 0 aliphatic carbocycles. The highest BCUT2D eigenvalue weighted by atomic mass is 16.7. The smallest absolute Gasteiger partial charge is 0.270 e. The maximum atomic E-state index is 11.6. The number of nitrogens with zero attached hydrogens (tertiary/aromatic N) is 1. The van der Waals surface area contributed by atoms with Crippen LogP contribution in [0.4, 0.5) is 0 Å². The quantitative estimate of drug-likeness (QED) is 0.813. The molecule has 1 unspecified atom stereocenters. The molecule has 1 aliphatic rings. The lowest BCUT2D eigenvalue weighted by molar-refractivity contribution is -0.154. The minimum Gasteiger partial charge on any atom is -0.484 e. The summed E-state index contributed by atoms with van der Waals surface area (Å²) < 4.78 is 5.26. The Labute approximate surface area is 104 Å². The molecule has 6 heteroatoms. The minimum atomic E-state index is -0.623. The Kier molecular flexibility index (Phi) is 3.78.